The van der Waals surface area contributed by atoms with Crippen LogP contribution in [0.4, 0.5) is 0 Å². The first-order valence-corrected chi connectivity index (χ1v) is 7.47. The van der Waals surface area contributed by atoms with Crippen LogP contribution in [0.1, 0.15) is 34.9 Å². The molecule has 0 aliphatic heterocycles. The maximum Gasteiger partial charge on any atom is 0.129 e. The van der Waals surface area contributed by atoms with Crippen LogP contribution in [0.5, 0.6) is 0 Å². The standard InChI is InChI=1S/C15H21NO2S/c1-12-6-7-15(19-12)13(2)16-8-4-9-17-11-14-5-3-10-18-14/h3,5-7,10,13,16H,4,8-9,11H2,1-2H3. The molecular weight excluding hydrogens is 258 g/mol. The molecule has 2 heterocycles. The van der Waals surface area contributed by atoms with Crippen molar-refractivity contribution in [1.29, 1.82) is 0 Å². The maximum atomic E-state index is 5.54. The molecule has 0 fully saturated rings. The molecule has 0 aliphatic carbocycles. The third-order valence-corrected chi connectivity index (χ3v) is 4.11. The zero-order valence-corrected chi connectivity index (χ0v) is 12.3. The minimum Gasteiger partial charge on any atom is -0.467 e. The summed E-state index contributed by atoms with van der Waals surface area (Å²) >= 11 is 1.86. The lowest BCUT2D eigenvalue weighted by Crippen LogP contribution is -2.20. The van der Waals surface area contributed by atoms with Gasteiger partial charge in [-0.2, -0.15) is 0 Å². The first kappa shape index (κ1) is 14.3. The van der Waals surface area contributed by atoms with Crippen LogP contribution in [0.3, 0.4) is 0 Å². The highest BCUT2D eigenvalue weighted by molar-refractivity contribution is 7.12. The minimum atomic E-state index is 0.420. The van der Waals surface area contributed by atoms with Gasteiger partial charge in [-0.3, -0.25) is 0 Å². The Balaban J connectivity index is 1.54. The molecule has 3 nitrogen and oxygen atoms in total. The summed E-state index contributed by atoms with van der Waals surface area (Å²) in [4.78, 5) is 2.76. The van der Waals surface area contributed by atoms with Gasteiger partial charge in [0.05, 0.1) is 6.26 Å². The average molecular weight is 279 g/mol. The van der Waals surface area contributed by atoms with E-state index in [-0.39, 0.29) is 0 Å². The fourth-order valence-corrected chi connectivity index (χ4v) is 2.75. The van der Waals surface area contributed by atoms with E-state index < -0.39 is 0 Å². The Morgan fingerprint density at radius 3 is 2.95 bits per heavy atom. The Kier molecular flexibility index (Phi) is 5.63. The number of furan rings is 1. The lowest BCUT2D eigenvalue weighted by atomic mass is 10.2. The number of aryl methyl sites for hydroxylation is 1. The van der Waals surface area contributed by atoms with Crippen molar-refractivity contribution in [2.75, 3.05) is 13.2 Å². The van der Waals surface area contributed by atoms with Crippen molar-refractivity contribution >= 4 is 11.3 Å². The molecule has 0 saturated carbocycles. The second-order valence-corrected chi connectivity index (χ2v) is 5.93. The zero-order valence-electron chi connectivity index (χ0n) is 11.5. The third kappa shape index (κ3) is 4.82. The van der Waals surface area contributed by atoms with E-state index in [1.165, 1.54) is 9.75 Å². The van der Waals surface area contributed by atoms with Gasteiger partial charge in [0.25, 0.3) is 0 Å². The monoisotopic (exact) mass is 279 g/mol. The van der Waals surface area contributed by atoms with Gasteiger partial charge in [0.15, 0.2) is 0 Å². The van der Waals surface area contributed by atoms with E-state index in [0.29, 0.717) is 12.6 Å². The molecular formula is C15H21NO2S. The second-order valence-electron chi connectivity index (χ2n) is 4.61. The van der Waals surface area contributed by atoms with Gasteiger partial charge in [-0.25, -0.2) is 0 Å². The van der Waals surface area contributed by atoms with Crippen LogP contribution in [0.25, 0.3) is 0 Å². The maximum absolute atomic E-state index is 5.54. The molecule has 2 aromatic rings. The van der Waals surface area contributed by atoms with Crippen LogP contribution in [0.2, 0.25) is 0 Å². The van der Waals surface area contributed by atoms with E-state index in [2.05, 4.69) is 31.3 Å². The number of hydrogen-bond acceptors (Lipinski definition) is 4. The van der Waals surface area contributed by atoms with Gasteiger partial charge in [0.2, 0.25) is 0 Å². The van der Waals surface area contributed by atoms with E-state index >= 15 is 0 Å². The van der Waals surface area contributed by atoms with Crippen LogP contribution < -0.4 is 5.32 Å². The Bertz CT molecular complexity index is 464. The Hall–Kier alpha value is -1.10. The van der Waals surface area contributed by atoms with E-state index in [4.69, 9.17) is 9.15 Å². The van der Waals surface area contributed by atoms with Gasteiger partial charge < -0.3 is 14.5 Å². The van der Waals surface area contributed by atoms with Gasteiger partial charge in [-0.15, -0.1) is 11.3 Å². The van der Waals surface area contributed by atoms with Crippen LogP contribution in [-0.2, 0) is 11.3 Å². The topological polar surface area (TPSA) is 34.4 Å². The van der Waals surface area contributed by atoms with Gasteiger partial charge in [-0.05, 0) is 51.1 Å². The quantitative estimate of drug-likeness (QED) is 0.744. The fraction of sp³-hybridized carbons (Fsp3) is 0.467. The van der Waals surface area contributed by atoms with Gasteiger partial charge in [0, 0.05) is 22.4 Å². The molecule has 1 atom stereocenters. The lowest BCUT2D eigenvalue weighted by Gasteiger charge is -2.11. The molecule has 1 N–H and O–H groups in total. The number of ether oxygens (including phenoxy) is 1. The number of rotatable bonds is 8. The highest BCUT2D eigenvalue weighted by Crippen LogP contribution is 2.21. The summed E-state index contributed by atoms with van der Waals surface area (Å²) < 4.78 is 10.7. The molecule has 2 rings (SSSR count). The molecule has 4 heteroatoms. The summed E-state index contributed by atoms with van der Waals surface area (Å²) in [7, 11) is 0. The molecule has 19 heavy (non-hydrogen) atoms. The lowest BCUT2D eigenvalue weighted by molar-refractivity contribution is 0.104. The Labute approximate surface area is 118 Å². The van der Waals surface area contributed by atoms with E-state index in [1.54, 1.807) is 6.26 Å². The summed E-state index contributed by atoms with van der Waals surface area (Å²) in [5, 5.41) is 3.51. The fourth-order valence-electron chi connectivity index (χ4n) is 1.85. The average Bonchev–Trinajstić information content (AvgIpc) is 3.04. The molecule has 104 valence electrons. The highest BCUT2D eigenvalue weighted by atomic mass is 32.1. The predicted octanol–water partition coefficient (Wildman–Crippen LogP) is 3.91. The van der Waals surface area contributed by atoms with Crippen LogP contribution in [0, 0.1) is 6.92 Å². The predicted molar refractivity (Wildman–Crippen MR) is 78.5 cm³/mol. The molecule has 0 bridgehead atoms. The molecule has 0 aromatic carbocycles. The molecule has 0 spiro atoms. The largest absolute Gasteiger partial charge is 0.467 e. The van der Waals surface area contributed by atoms with E-state index in [0.717, 1.165) is 25.3 Å². The van der Waals surface area contributed by atoms with Crippen molar-refractivity contribution in [3.63, 3.8) is 0 Å². The smallest absolute Gasteiger partial charge is 0.129 e. The summed E-state index contributed by atoms with van der Waals surface area (Å²) in [6.45, 7) is 6.63. The second kappa shape index (κ2) is 7.48. The number of thiophene rings is 1. The third-order valence-electron chi connectivity index (χ3n) is 2.93. The zero-order chi connectivity index (χ0) is 13.5. The van der Waals surface area contributed by atoms with Crippen molar-refractivity contribution in [2.45, 2.75) is 32.9 Å². The Morgan fingerprint density at radius 1 is 1.37 bits per heavy atom. The molecule has 0 radical (unpaired) electrons. The van der Waals surface area contributed by atoms with Gasteiger partial charge in [0.1, 0.15) is 12.4 Å². The minimum absolute atomic E-state index is 0.420. The van der Waals surface area contributed by atoms with Crippen LogP contribution >= 0.6 is 11.3 Å². The molecule has 0 aliphatic rings. The van der Waals surface area contributed by atoms with Gasteiger partial charge >= 0.3 is 0 Å². The molecule has 0 amide bonds. The van der Waals surface area contributed by atoms with Crippen LogP contribution in [-0.4, -0.2) is 13.2 Å². The van der Waals surface area contributed by atoms with Crippen molar-refractivity contribution in [2.24, 2.45) is 0 Å². The van der Waals surface area contributed by atoms with Gasteiger partial charge in [-0.1, -0.05) is 0 Å². The summed E-state index contributed by atoms with van der Waals surface area (Å²) in [5.74, 6) is 0.885. The SMILES string of the molecule is Cc1ccc(C(C)NCCCOCc2ccco2)s1. The van der Waals surface area contributed by atoms with E-state index in [1.807, 2.05) is 23.5 Å². The van der Waals surface area contributed by atoms with Crippen molar-refractivity contribution < 1.29 is 9.15 Å². The van der Waals surface area contributed by atoms with Crippen molar-refractivity contribution in [1.82, 2.24) is 5.32 Å². The highest BCUT2D eigenvalue weighted by Gasteiger charge is 2.06. The molecule has 2 aromatic heterocycles. The summed E-state index contributed by atoms with van der Waals surface area (Å²) in [5.41, 5.74) is 0. The van der Waals surface area contributed by atoms with Crippen molar-refractivity contribution in [3.05, 3.63) is 46.0 Å². The summed E-state index contributed by atoms with van der Waals surface area (Å²) in [6, 6.07) is 8.60. The first-order valence-electron chi connectivity index (χ1n) is 6.65. The van der Waals surface area contributed by atoms with Crippen molar-refractivity contribution in [3.8, 4) is 0 Å². The normalized spacial score (nSPS) is 12.7. The number of hydrogen-bond donors (Lipinski definition) is 1. The molecule has 0 saturated heterocycles. The number of nitrogens with one attached hydrogen (secondary N) is 1. The summed E-state index contributed by atoms with van der Waals surface area (Å²) in [6.07, 6.45) is 2.68. The molecule has 1 unspecified atom stereocenters. The first-order chi connectivity index (χ1) is 9.25. The van der Waals surface area contributed by atoms with Crippen LogP contribution in [0.15, 0.2) is 34.9 Å². The van der Waals surface area contributed by atoms with E-state index in [9.17, 15) is 0 Å². The Morgan fingerprint density at radius 2 is 2.26 bits per heavy atom.